The highest BCUT2D eigenvalue weighted by Crippen LogP contribution is 2.91. The van der Waals surface area contributed by atoms with E-state index in [0.717, 1.165) is 125 Å². The number of hydrogen-bond acceptors (Lipinski definition) is 24. The molecule has 0 aromatic heterocycles. The number of allylic oxidation sites excluding steroid dienone is 6. The van der Waals surface area contributed by atoms with Gasteiger partial charge in [-0.15, -0.1) is 0 Å². The molecule has 40 atom stereocenters. The van der Waals surface area contributed by atoms with Crippen molar-refractivity contribution in [3.63, 3.8) is 0 Å². The molecule has 15 aliphatic carbocycles. The van der Waals surface area contributed by atoms with Crippen LogP contribution in [0.3, 0.4) is 0 Å². The Morgan fingerprint density at radius 1 is 0.424 bits per heavy atom. The normalized spacial score (nSPS) is 49.6. The summed E-state index contributed by atoms with van der Waals surface area (Å²) in [6.07, 6.45) is 29.6. The maximum Gasteiger partial charge on any atom is 0.303 e. The Balaban J connectivity index is 0.000000145. The smallest absolute Gasteiger partial charge is 0.303 e. The van der Waals surface area contributed by atoms with E-state index in [1.165, 1.54) is 54.4 Å². The number of oxime groups is 2. The van der Waals surface area contributed by atoms with Crippen molar-refractivity contribution in [1.82, 2.24) is 0 Å². The average Bonchev–Trinajstić information content (AvgIpc) is 1.47. The standard InChI is InChI=1S/C37H57NO8.C36H53NO7.C35H50O7/c1-21-18-44-37(42-9,27(21)19-41-8)32(46-25(5)40)23(3)31-29(45-24(4)39)17-34(7)30-12-11-26-22(2)28(38-43-10)13-14-35(26)20-36(30,35)16-15-33(31,34)6;1-20-18-42-36(40-9,23(20)4)31(44-25(6)39)22(3)30-28(43-24(5)38)17-33(8)29-12-11-26-21(2)27(37-41-10)13-14-34(26)19-35(29,34)16-15-32(30,33)7;1-19-17-40-35(39-9,22(19)4)30(42-24(6)37)21(3)29-27(41-23(5)36)16-32(8)28-11-10-25-20(2)26(38)12-13-33(25)18-34(28,33)15-14-31(29,32)7/h13-14,21-23,26-27,29-32H,11-12,15-20H2,1-10H3;13-14,20-22,26,28-31H,4,11-12,15-19H2,1-3,5-10H3;12-13,19-21,25,27-30H,4,10-11,14-18H2,1-3,5-9H3/b38-28+;37-27+;/t21?,22-,23-,26-,27?,29-,30-,31-,32+,33+,34-,35+,36-,37?;20?,21-,22-,26-,28-,29-,30-,31+,32+,33-,34+,35-,36?;19?,20-,21-,25-,27-,28-,29-,30+,31+,32-,33+,34-,35?/m000/s1. The molecule has 24 heteroatoms. The second-order valence-electron chi connectivity index (χ2n) is 47.3. The van der Waals surface area contributed by atoms with E-state index >= 15 is 0 Å². The fraction of sp³-hybridized carbons (Fsp3) is 0.824. The van der Waals surface area contributed by atoms with Crippen molar-refractivity contribution < 1.29 is 105 Å². The number of fused-ring (bicyclic) bond motifs is 6. The maximum atomic E-state index is 12.8. The number of nitrogens with zero attached hydrogens (tertiary/aromatic N) is 2. The first kappa shape index (κ1) is 98.9. The van der Waals surface area contributed by atoms with Crippen LogP contribution in [0.2, 0.25) is 0 Å². The minimum absolute atomic E-state index is 0.0532. The van der Waals surface area contributed by atoms with E-state index in [1.807, 2.05) is 13.0 Å². The fourth-order valence-electron chi connectivity index (χ4n) is 36.8. The van der Waals surface area contributed by atoms with Crippen LogP contribution in [0.25, 0.3) is 0 Å². The third-order valence-corrected chi connectivity index (χ3v) is 42.9. The minimum Gasteiger partial charge on any atom is -0.462 e. The molecule has 18 aliphatic rings. The molecular formula is C108H160N2O22. The predicted octanol–water partition coefficient (Wildman–Crippen LogP) is 18.7. The monoisotopic (exact) mass is 1840 g/mol. The van der Waals surface area contributed by atoms with Crippen molar-refractivity contribution >= 4 is 53.0 Å². The zero-order chi connectivity index (χ0) is 96.1. The molecule has 3 saturated heterocycles. The van der Waals surface area contributed by atoms with Crippen molar-refractivity contribution in [1.29, 1.82) is 0 Å². The van der Waals surface area contributed by atoms with Crippen LogP contribution >= 0.6 is 0 Å². The van der Waals surface area contributed by atoms with Gasteiger partial charge in [-0.2, -0.15) is 0 Å². The molecule has 0 bridgehead atoms. The second kappa shape index (κ2) is 34.1. The number of methoxy groups -OCH3 is 4. The topological polar surface area (TPSA) is 283 Å². The van der Waals surface area contributed by atoms with Crippen molar-refractivity contribution in [2.75, 3.05) is 69.1 Å². The predicted molar refractivity (Wildman–Crippen MR) is 496 cm³/mol. The average molecular weight is 1840 g/mol. The zero-order valence-electron chi connectivity index (χ0n) is 84.7. The molecule has 0 aromatic rings. The Bertz CT molecular complexity index is 4730. The summed E-state index contributed by atoms with van der Waals surface area (Å²) in [5, 5.41) is 8.74. The van der Waals surface area contributed by atoms with Gasteiger partial charge in [0.15, 0.2) is 24.1 Å². The number of ether oxygens (including phenoxy) is 13. The van der Waals surface area contributed by atoms with E-state index in [9.17, 15) is 33.6 Å². The van der Waals surface area contributed by atoms with E-state index in [2.05, 4.69) is 151 Å². The van der Waals surface area contributed by atoms with Gasteiger partial charge in [0, 0.05) is 141 Å². The summed E-state index contributed by atoms with van der Waals surface area (Å²) < 4.78 is 80.6. The van der Waals surface area contributed by atoms with Crippen LogP contribution in [0.5, 0.6) is 0 Å². The lowest BCUT2D eigenvalue weighted by Gasteiger charge is -2.61. The SMILES string of the molecule is C=C1C(C)COC1(OC)[C@H](OC(C)=O)[C@@H](C)[C@H]1[C@@H](OC(C)=O)C[C@@]2(C)[C@@H]3CC[C@H]4[C@H](C)/C(=N/OC)C=C[C@@]45C[C@@]35CC[C@]12C.C=C1C(C)COC1(OC)[C@H](OC(C)=O)[C@@H](C)[C@H]1[C@@H](OC(C)=O)C[C@@]2(C)[C@@H]3CC[C@H]4[C@H](C)C(=O)C=C[C@@]45C[C@@]35CC[C@]12C.COCC1C(C)COC1(OC)[C@H](OC(C)=O)[C@@H](C)[C@H]1[C@@H](OC(C)=O)C[C@@]2(C)[C@@H]3CC[C@H]4[C@H](C)/C(=N/OC)C=C[C@@]45C[C@@]35CC[C@]12C. The highest BCUT2D eigenvalue weighted by Gasteiger charge is 2.86. The lowest BCUT2D eigenvalue weighted by Crippen LogP contribution is -2.60. The van der Waals surface area contributed by atoms with Crippen LogP contribution in [0, 0.1) is 177 Å². The summed E-state index contributed by atoms with van der Waals surface area (Å²) in [6, 6.07) is 0. The molecule has 0 N–H and O–H groups in total. The van der Waals surface area contributed by atoms with Crippen LogP contribution in [0.1, 0.15) is 261 Å². The van der Waals surface area contributed by atoms with Gasteiger partial charge in [0.1, 0.15) is 32.5 Å². The lowest BCUT2D eigenvalue weighted by molar-refractivity contribution is -0.293. The molecule has 18 rings (SSSR count). The molecule has 15 fully saturated rings. The van der Waals surface area contributed by atoms with Crippen molar-refractivity contribution in [2.24, 2.45) is 188 Å². The van der Waals surface area contributed by atoms with E-state index in [1.54, 1.807) is 42.7 Å². The first-order chi connectivity index (χ1) is 62.0. The summed E-state index contributed by atoms with van der Waals surface area (Å²) in [6.45, 7) is 53.4. The molecule has 3 aliphatic heterocycles. The van der Waals surface area contributed by atoms with Gasteiger partial charge < -0.3 is 71.3 Å². The van der Waals surface area contributed by atoms with E-state index in [-0.39, 0.29) is 184 Å². The van der Waals surface area contributed by atoms with Crippen LogP contribution in [-0.4, -0.2) is 176 Å². The largest absolute Gasteiger partial charge is 0.462 e. The van der Waals surface area contributed by atoms with E-state index in [0.29, 0.717) is 73.8 Å². The van der Waals surface area contributed by atoms with Gasteiger partial charge in [-0.3, -0.25) is 33.6 Å². The number of carbonyl (C=O) groups excluding carboxylic acids is 7. The molecule has 24 nitrogen and oxygen atoms in total. The number of hydrogen-bond donors (Lipinski definition) is 0. The Kier molecular flexibility index (Phi) is 25.6. The number of rotatable bonds is 22. The van der Waals surface area contributed by atoms with Crippen molar-refractivity contribution in [2.45, 2.75) is 315 Å². The summed E-state index contributed by atoms with van der Waals surface area (Å²) in [4.78, 5) is 99.1. The molecule has 7 unspecified atom stereocenters. The van der Waals surface area contributed by atoms with Gasteiger partial charge in [0.05, 0.1) is 37.9 Å². The van der Waals surface area contributed by atoms with Gasteiger partial charge in [-0.1, -0.05) is 146 Å². The molecule has 734 valence electrons. The van der Waals surface area contributed by atoms with Gasteiger partial charge in [0.2, 0.25) is 17.4 Å². The van der Waals surface area contributed by atoms with Gasteiger partial charge >= 0.3 is 35.8 Å². The van der Waals surface area contributed by atoms with Crippen LogP contribution in [-0.2, 0) is 105 Å². The number of ketones is 1. The fourth-order valence-corrected chi connectivity index (χ4v) is 36.8. The van der Waals surface area contributed by atoms with E-state index in [4.69, 9.17) is 71.3 Å². The third-order valence-electron chi connectivity index (χ3n) is 42.9. The maximum absolute atomic E-state index is 12.8. The molecule has 0 radical (unpaired) electrons. The minimum atomic E-state index is -1.26. The number of esters is 6. The summed E-state index contributed by atoms with van der Waals surface area (Å²) in [5.74, 6) is -2.35. The summed E-state index contributed by atoms with van der Waals surface area (Å²) in [7, 11) is 9.78. The molecule has 6 spiro atoms. The van der Waals surface area contributed by atoms with Crippen molar-refractivity contribution in [3.05, 3.63) is 60.8 Å². The van der Waals surface area contributed by atoms with Crippen LogP contribution in [0.15, 0.2) is 71.1 Å². The van der Waals surface area contributed by atoms with Crippen LogP contribution in [0.4, 0.5) is 0 Å². The summed E-state index contributed by atoms with van der Waals surface area (Å²) >= 11 is 0. The third kappa shape index (κ3) is 13.7. The zero-order valence-corrected chi connectivity index (χ0v) is 84.7. The first-order valence-corrected chi connectivity index (χ1v) is 50.4. The van der Waals surface area contributed by atoms with Gasteiger partial charge in [0.25, 0.3) is 0 Å². The highest BCUT2D eigenvalue weighted by molar-refractivity contribution is 5.98. The number of carbonyl (C=O) groups is 7. The molecule has 132 heavy (non-hydrogen) atoms. The quantitative estimate of drug-likeness (QED) is 0.0421. The molecular weight excluding hydrogens is 1680 g/mol. The second-order valence-corrected chi connectivity index (χ2v) is 47.3. The van der Waals surface area contributed by atoms with E-state index < -0.39 is 41.6 Å². The highest BCUT2D eigenvalue weighted by atomic mass is 16.7. The molecule has 0 amide bonds. The molecule has 0 aromatic carbocycles. The van der Waals surface area contributed by atoms with Gasteiger partial charge in [-0.25, -0.2) is 0 Å². The Labute approximate surface area is 786 Å². The first-order valence-electron chi connectivity index (χ1n) is 50.4. The molecule has 3 heterocycles. The Morgan fingerprint density at radius 2 is 0.758 bits per heavy atom. The molecule has 12 saturated carbocycles. The Hall–Kier alpha value is -6.15. The van der Waals surface area contributed by atoms with Crippen molar-refractivity contribution in [3.8, 4) is 0 Å². The van der Waals surface area contributed by atoms with Gasteiger partial charge in [-0.05, 0) is 251 Å². The Morgan fingerprint density at radius 3 is 1.06 bits per heavy atom. The summed E-state index contributed by atoms with van der Waals surface area (Å²) in [5.41, 5.74) is 4.06. The van der Waals surface area contributed by atoms with Crippen LogP contribution < -0.4 is 0 Å². The lowest BCUT2D eigenvalue weighted by atomic mass is 9.43.